The Morgan fingerprint density at radius 1 is 1.43 bits per heavy atom. The van der Waals surface area contributed by atoms with Crippen molar-refractivity contribution in [2.24, 2.45) is 0 Å². The molecule has 1 N–H and O–H groups in total. The van der Waals surface area contributed by atoms with E-state index in [-0.39, 0.29) is 5.56 Å². The first kappa shape index (κ1) is 14.9. The van der Waals surface area contributed by atoms with Crippen molar-refractivity contribution in [2.75, 3.05) is 6.54 Å². The Morgan fingerprint density at radius 2 is 2.30 bits per heavy atom. The Morgan fingerprint density at radius 3 is 3.17 bits per heavy atom. The molecule has 0 saturated carbocycles. The number of aromatic amines is 1. The molecule has 0 radical (unpaired) electrons. The lowest BCUT2D eigenvalue weighted by molar-refractivity contribution is 0.186. The van der Waals surface area contributed by atoms with Crippen LogP contribution < -0.4 is 5.56 Å². The van der Waals surface area contributed by atoms with E-state index in [9.17, 15) is 4.79 Å². The van der Waals surface area contributed by atoms with Crippen molar-refractivity contribution in [1.29, 1.82) is 0 Å². The van der Waals surface area contributed by atoms with Gasteiger partial charge in [0, 0.05) is 22.5 Å². The van der Waals surface area contributed by atoms with E-state index >= 15 is 0 Å². The molecule has 3 heterocycles. The summed E-state index contributed by atoms with van der Waals surface area (Å²) in [6.45, 7) is 3.82. The standard InChI is InChI=1S/C17H16ClN3OS/c1-10-12-5-7-23-15(12)4-6-21(10)9-16-19-14-8-11(18)2-3-13(14)17(22)20-16/h2-3,5,7-8,10H,4,6,9H2,1H3,(H,19,20,22)/t10-/m0/s1. The first-order valence-corrected chi connectivity index (χ1v) is 8.86. The van der Waals surface area contributed by atoms with E-state index < -0.39 is 0 Å². The molecule has 0 saturated heterocycles. The largest absolute Gasteiger partial charge is 0.309 e. The van der Waals surface area contributed by atoms with E-state index in [4.69, 9.17) is 11.6 Å². The molecule has 2 aromatic heterocycles. The van der Waals surface area contributed by atoms with E-state index in [0.717, 1.165) is 13.0 Å². The number of benzene rings is 1. The maximum atomic E-state index is 12.2. The third-order valence-electron chi connectivity index (χ3n) is 4.47. The smallest absolute Gasteiger partial charge is 0.258 e. The fraction of sp³-hybridized carbons (Fsp3) is 0.294. The van der Waals surface area contributed by atoms with Gasteiger partial charge in [-0.05, 0) is 48.6 Å². The molecule has 0 aliphatic carbocycles. The number of thiophene rings is 1. The van der Waals surface area contributed by atoms with Gasteiger partial charge in [0.2, 0.25) is 0 Å². The summed E-state index contributed by atoms with van der Waals surface area (Å²) in [5.74, 6) is 0.690. The van der Waals surface area contributed by atoms with Crippen molar-refractivity contribution in [1.82, 2.24) is 14.9 Å². The molecule has 1 aliphatic rings. The zero-order valence-electron chi connectivity index (χ0n) is 12.7. The second-order valence-corrected chi connectivity index (χ2v) is 7.31. The number of H-pyrrole nitrogens is 1. The zero-order valence-corrected chi connectivity index (χ0v) is 14.2. The highest BCUT2D eigenvalue weighted by Crippen LogP contribution is 2.33. The van der Waals surface area contributed by atoms with Crippen molar-refractivity contribution < 1.29 is 0 Å². The van der Waals surface area contributed by atoms with Crippen LogP contribution in [0.3, 0.4) is 0 Å². The summed E-state index contributed by atoms with van der Waals surface area (Å²) in [6.07, 6.45) is 1.06. The first-order valence-electron chi connectivity index (χ1n) is 7.60. The Kier molecular flexibility index (Phi) is 3.71. The molecule has 0 amide bonds. The second kappa shape index (κ2) is 5.74. The molecular formula is C17H16ClN3OS. The zero-order chi connectivity index (χ0) is 16.0. The molecule has 0 bridgehead atoms. The summed E-state index contributed by atoms with van der Waals surface area (Å²) in [5, 5.41) is 3.32. The minimum atomic E-state index is -0.109. The van der Waals surface area contributed by atoms with Gasteiger partial charge in [0.25, 0.3) is 5.56 Å². The first-order chi connectivity index (χ1) is 11.1. The van der Waals surface area contributed by atoms with Gasteiger partial charge < -0.3 is 4.98 Å². The Hall–Kier alpha value is -1.69. The topological polar surface area (TPSA) is 49.0 Å². The highest BCUT2D eigenvalue weighted by atomic mass is 35.5. The predicted molar refractivity (Wildman–Crippen MR) is 94.2 cm³/mol. The average molecular weight is 346 g/mol. The van der Waals surface area contributed by atoms with Crippen LogP contribution in [0.2, 0.25) is 5.02 Å². The van der Waals surface area contributed by atoms with Crippen molar-refractivity contribution >= 4 is 33.8 Å². The fourth-order valence-electron chi connectivity index (χ4n) is 3.21. The molecule has 4 rings (SSSR count). The number of nitrogens with one attached hydrogen (secondary N) is 1. The number of halogens is 1. The molecule has 1 aliphatic heterocycles. The van der Waals surface area contributed by atoms with Gasteiger partial charge >= 0.3 is 0 Å². The van der Waals surface area contributed by atoms with Crippen LogP contribution in [-0.2, 0) is 13.0 Å². The maximum Gasteiger partial charge on any atom is 0.258 e. The normalized spacial score (nSPS) is 18.3. The number of hydrogen-bond acceptors (Lipinski definition) is 4. The predicted octanol–water partition coefficient (Wildman–Crippen LogP) is 3.76. The molecule has 1 atom stereocenters. The summed E-state index contributed by atoms with van der Waals surface area (Å²) >= 11 is 7.85. The molecule has 118 valence electrons. The summed E-state index contributed by atoms with van der Waals surface area (Å²) in [4.78, 5) is 23.6. The number of nitrogens with zero attached hydrogens (tertiary/aromatic N) is 2. The highest BCUT2D eigenvalue weighted by molar-refractivity contribution is 7.10. The van der Waals surface area contributed by atoms with E-state index in [0.29, 0.717) is 34.3 Å². The Balaban J connectivity index is 1.67. The monoisotopic (exact) mass is 345 g/mol. The van der Waals surface area contributed by atoms with E-state index in [1.54, 1.807) is 18.2 Å². The highest BCUT2D eigenvalue weighted by Gasteiger charge is 2.25. The third kappa shape index (κ3) is 2.69. The molecular weight excluding hydrogens is 330 g/mol. The molecule has 3 aromatic rings. The summed E-state index contributed by atoms with van der Waals surface area (Å²) < 4.78 is 0. The fourth-order valence-corrected chi connectivity index (χ4v) is 4.33. The van der Waals surface area contributed by atoms with Crippen LogP contribution in [0.4, 0.5) is 0 Å². The van der Waals surface area contributed by atoms with E-state index in [2.05, 4.69) is 33.2 Å². The minimum Gasteiger partial charge on any atom is -0.309 e. The summed E-state index contributed by atoms with van der Waals surface area (Å²) in [5.41, 5.74) is 1.94. The van der Waals surface area contributed by atoms with Gasteiger partial charge in [-0.25, -0.2) is 4.98 Å². The molecule has 0 spiro atoms. The molecule has 4 nitrogen and oxygen atoms in total. The minimum absolute atomic E-state index is 0.109. The van der Waals surface area contributed by atoms with Gasteiger partial charge in [-0.1, -0.05) is 11.6 Å². The third-order valence-corrected chi connectivity index (χ3v) is 5.71. The Bertz CT molecular complexity index is 933. The number of aromatic nitrogens is 2. The molecule has 23 heavy (non-hydrogen) atoms. The van der Waals surface area contributed by atoms with Crippen LogP contribution in [0, 0.1) is 0 Å². The van der Waals surface area contributed by atoms with Crippen LogP contribution >= 0.6 is 22.9 Å². The van der Waals surface area contributed by atoms with Crippen molar-refractivity contribution in [3.63, 3.8) is 0 Å². The number of hydrogen-bond donors (Lipinski definition) is 1. The van der Waals surface area contributed by atoms with Crippen LogP contribution in [0.25, 0.3) is 10.9 Å². The molecule has 6 heteroatoms. The van der Waals surface area contributed by atoms with Gasteiger partial charge in [0.1, 0.15) is 5.82 Å². The van der Waals surface area contributed by atoms with Crippen LogP contribution in [0.5, 0.6) is 0 Å². The van der Waals surface area contributed by atoms with Crippen molar-refractivity contribution in [2.45, 2.75) is 25.9 Å². The van der Waals surface area contributed by atoms with Gasteiger partial charge in [0.15, 0.2) is 0 Å². The molecule has 0 unspecified atom stereocenters. The Labute approximate surface area is 142 Å². The molecule has 0 fully saturated rings. The lowest BCUT2D eigenvalue weighted by Crippen LogP contribution is -2.33. The number of rotatable bonds is 2. The second-order valence-electron chi connectivity index (χ2n) is 5.87. The quantitative estimate of drug-likeness (QED) is 0.769. The van der Waals surface area contributed by atoms with E-state index in [1.165, 1.54) is 10.4 Å². The van der Waals surface area contributed by atoms with E-state index in [1.807, 2.05) is 11.3 Å². The summed E-state index contributed by atoms with van der Waals surface area (Å²) in [6, 6.07) is 7.71. The lowest BCUT2D eigenvalue weighted by atomic mass is 10.0. The van der Waals surface area contributed by atoms with Gasteiger partial charge in [0.05, 0.1) is 17.4 Å². The van der Waals surface area contributed by atoms with Crippen LogP contribution in [0.1, 0.15) is 29.2 Å². The maximum absolute atomic E-state index is 12.2. The van der Waals surface area contributed by atoms with Crippen LogP contribution in [-0.4, -0.2) is 21.4 Å². The summed E-state index contributed by atoms with van der Waals surface area (Å²) in [7, 11) is 0. The van der Waals surface area contributed by atoms with Gasteiger partial charge in [-0.3, -0.25) is 9.69 Å². The van der Waals surface area contributed by atoms with Crippen molar-refractivity contribution in [3.8, 4) is 0 Å². The average Bonchev–Trinajstić information content (AvgIpc) is 2.99. The number of fused-ring (bicyclic) bond motifs is 2. The van der Waals surface area contributed by atoms with Crippen LogP contribution in [0.15, 0.2) is 34.4 Å². The van der Waals surface area contributed by atoms with Gasteiger partial charge in [-0.15, -0.1) is 11.3 Å². The molecule has 1 aromatic carbocycles. The lowest BCUT2D eigenvalue weighted by Gasteiger charge is -2.33. The van der Waals surface area contributed by atoms with Crippen molar-refractivity contribution in [3.05, 3.63) is 61.3 Å². The van der Waals surface area contributed by atoms with Gasteiger partial charge in [-0.2, -0.15) is 0 Å². The SMILES string of the molecule is C[C@H]1c2ccsc2CCN1Cc1nc2cc(Cl)ccc2c(=O)[nH]1.